The number of benzene rings is 1. The summed E-state index contributed by atoms with van der Waals surface area (Å²) in [4.78, 5) is 23.9. The maximum atomic E-state index is 12.1. The van der Waals surface area contributed by atoms with Gasteiger partial charge in [-0.2, -0.15) is 0 Å². The van der Waals surface area contributed by atoms with Crippen LogP contribution in [0.3, 0.4) is 0 Å². The van der Waals surface area contributed by atoms with Gasteiger partial charge in [-0.15, -0.1) is 0 Å². The molecule has 6 heteroatoms. The number of amides is 2. The van der Waals surface area contributed by atoms with Gasteiger partial charge in [0.1, 0.15) is 24.0 Å². The van der Waals surface area contributed by atoms with Crippen molar-refractivity contribution >= 4 is 17.7 Å². The first kappa shape index (κ1) is 15.2. The van der Waals surface area contributed by atoms with E-state index in [4.69, 9.17) is 9.47 Å². The second-order valence-electron chi connectivity index (χ2n) is 6.00. The number of rotatable bonds is 1. The van der Waals surface area contributed by atoms with Crippen LogP contribution in [0.25, 0.3) is 0 Å². The first-order valence-corrected chi connectivity index (χ1v) is 6.78. The van der Waals surface area contributed by atoms with Crippen LogP contribution in [-0.4, -0.2) is 30.3 Å². The van der Waals surface area contributed by atoms with Gasteiger partial charge in [0, 0.05) is 0 Å². The monoisotopic (exact) mass is 292 g/mol. The summed E-state index contributed by atoms with van der Waals surface area (Å²) in [5.74, 6) is 0.257. The van der Waals surface area contributed by atoms with Crippen LogP contribution in [0.5, 0.6) is 5.75 Å². The van der Waals surface area contributed by atoms with Gasteiger partial charge in [-0.3, -0.25) is 4.79 Å². The summed E-state index contributed by atoms with van der Waals surface area (Å²) in [5, 5.41) is 5.26. The molecule has 1 unspecified atom stereocenters. The number of fused-ring (bicyclic) bond motifs is 1. The topological polar surface area (TPSA) is 76.7 Å². The van der Waals surface area contributed by atoms with Gasteiger partial charge in [-0.25, -0.2) is 4.79 Å². The van der Waals surface area contributed by atoms with Crippen molar-refractivity contribution < 1.29 is 19.1 Å². The Bertz CT molecular complexity index is 563. The number of hydrogen-bond donors (Lipinski definition) is 2. The van der Waals surface area contributed by atoms with Crippen LogP contribution in [0.4, 0.5) is 10.5 Å². The van der Waals surface area contributed by atoms with Crippen LogP contribution in [-0.2, 0) is 9.53 Å². The summed E-state index contributed by atoms with van der Waals surface area (Å²) in [7, 11) is 0. The zero-order valence-corrected chi connectivity index (χ0v) is 12.6. The van der Waals surface area contributed by atoms with Crippen molar-refractivity contribution in [3.8, 4) is 5.75 Å². The molecule has 1 atom stereocenters. The van der Waals surface area contributed by atoms with Crippen molar-refractivity contribution in [2.45, 2.75) is 39.3 Å². The minimum atomic E-state index is -0.799. The fourth-order valence-electron chi connectivity index (χ4n) is 1.89. The molecule has 0 fully saturated rings. The van der Waals surface area contributed by atoms with Gasteiger partial charge in [-0.1, -0.05) is 6.07 Å². The Morgan fingerprint density at radius 1 is 1.43 bits per heavy atom. The minimum absolute atomic E-state index is 0.0567. The van der Waals surface area contributed by atoms with Gasteiger partial charge >= 0.3 is 6.09 Å². The highest BCUT2D eigenvalue weighted by atomic mass is 16.6. The number of carbonyl (C=O) groups is 2. The van der Waals surface area contributed by atoms with E-state index in [0.29, 0.717) is 11.4 Å². The molecule has 0 aromatic heterocycles. The Morgan fingerprint density at radius 2 is 2.14 bits per heavy atom. The molecule has 0 saturated carbocycles. The first-order valence-electron chi connectivity index (χ1n) is 6.78. The van der Waals surface area contributed by atoms with Crippen LogP contribution in [0, 0.1) is 6.92 Å². The molecule has 0 spiro atoms. The molecule has 0 bridgehead atoms. The highest BCUT2D eigenvalue weighted by Gasteiger charge is 2.28. The molecule has 1 aromatic rings. The van der Waals surface area contributed by atoms with Gasteiger partial charge in [0.2, 0.25) is 0 Å². The third kappa shape index (κ3) is 4.11. The molecule has 21 heavy (non-hydrogen) atoms. The van der Waals surface area contributed by atoms with Crippen LogP contribution in [0.1, 0.15) is 26.3 Å². The van der Waals surface area contributed by atoms with Gasteiger partial charge in [-0.05, 0) is 45.4 Å². The fraction of sp³-hybridized carbons (Fsp3) is 0.467. The molecule has 1 aromatic carbocycles. The van der Waals surface area contributed by atoms with Crippen LogP contribution in [0.15, 0.2) is 18.2 Å². The fourth-order valence-corrected chi connectivity index (χ4v) is 1.89. The highest BCUT2D eigenvalue weighted by molar-refractivity contribution is 5.98. The van der Waals surface area contributed by atoms with E-state index in [1.54, 1.807) is 26.8 Å². The van der Waals surface area contributed by atoms with E-state index < -0.39 is 17.7 Å². The van der Waals surface area contributed by atoms with E-state index in [9.17, 15) is 9.59 Å². The van der Waals surface area contributed by atoms with Gasteiger partial charge < -0.3 is 20.1 Å². The molecule has 114 valence electrons. The van der Waals surface area contributed by atoms with Gasteiger partial charge in [0.25, 0.3) is 5.91 Å². The molecule has 1 aliphatic heterocycles. The van der Waals surface area contributed by atoms with Crippen molar-refractivity contribution in [3.05, 3.63) is 23.8 Å². The summed E-state index contributed by atoms with van der Waals surface area (Å²) >= 11 is 0. The number of nitrogens with one attached hydrogen (secondary N) is 2. The zero-order chi connectivity index (χ0) is 15.6. The van der Waals surface area contributed by atoms with Crippen molar-refractivity contribution in [3.63, 3.8) is 0 Å². The minimum Gasteiger partial charge on any atom is -0.489 e. The molecule has 0 aliphatic carbocycles. The highest BCUT2D eigenvalue weighted by Crippen LogP contribution is 2.27. The average Bonchev–Trinajstić information content (AvgIpc) is 2.47. The number of alkyl carbamates (subject to hydrolysis) is 1. The van der Waals surface area contributed by atoms with E-state index >= 15 is 0 Å². The predicted octanol–water partition coefficient (Wildman–Crippen LogP) is 2.22. The lowest BCUT2D eigenvalue weighted by molar-refractivity contribution is -0.118. The molecule has 1 heterocycles. The van der Waals surface area contributed by atoms with E-state index in [-0.39, 0.29) is 12.5 Å². The molecule has 2 amide bonds. The second kappa shape index (κ2) is 5.63. The Labute approximate surface area is 123 Å². The second-order valence-corrected chi connectivity index (χ2v) is 6.00. The summed E-state index contributed by atoms with van der Waals surface area (Å²) in [6.07, 6.45) is -0.645. The normalized spacial score (nSPS) is 17.9. The number of aryl methyl sites for hydroxylation is 1. The summed E-state index contributed by atoms with van der Waals surface area (Å²) in [6, 6.07) is 4.71. The largest absolute Gasteiger partial charge is 0.489 e. The van der Waals surface area contributed by atoms with Crippen molar-refractivity contribution in [2.75, 3.05) is 11.9 Å². The Hall–Kier alpha value is -2.24. The summed E-state index contributed by atoms with van der Waals surface area (Å²) < 4.78 is 10.7. The molecular formula is C15H20N2O4. The Balaban J connectivity index is 2.05. The SMILES string of the molecule is Cc1ccc2c(c1)NC(=O)C(NC(=O)OC(C)(C)C)CO2. The van der Waals surface area contributed by atoms with E-state index in [0.717, 1.165) is 5.56 Å². The lowest BCUT2D eigenvalue weighted by Gasteiger charge is -2.22. The third-order valence-corrected chi connectivity index (χ3v) is 2.81. The molecule has 6 nitrogen and oxygen atoms in total. The van der Waals surface area contributed by atoms with Crippen LogP contribution >= 0.6 is 0 Å². The molecular weight excluding hydrogens is 272 g/mol. The van der Waals surface area contributed by atoms with Crippen LogP contribution < -0.4 is 15.4 Å². The standard InChI is InChI=1S/C15H20N2O4/c1-9-5-6-12-10(7-9)16-13(18)11(8-20-12)17-14(19)21-15(2,3)4/h5-7,11H,8H2,1-4H3,(H,16,18)(H,17,19). The smallest absolute Gasteiger partial charge is 0.408 e. The number of ether oxygens (including phenoxy) is 2. The lowest BCUT2D eigenvalue weighted by atomic mass is 10.2. The van der Waals surface area contributed by atoms with E-state index in [1.165, 1.54) is 0 Å². The molecule has 2 rings (SSSR count). The number of hydrogen-bond acceptors (Lipinski definition) is 4. The van der Waals surface area contributed by atoms with Crippen LogP contribution in [0.2, 0.25) is 0 Å². The summed E-state index contributed by atoms with van der Waals surface area (Å²) in [6.45, 7) is 7.26. The maximum Gasteiger partial charge on any atom is 0.408 e. The number of carbonyl (C=O) groups excluding carboxylic acids is 2. The Kier molecular flexibility index (Phi) is 4.06. The predicted molar refractivity (Wildman–Crippen MR) is 78.5 cm³/mol. The molecule has 0 saturated heterocycles. The van der Waals surface area contributed by atoms with Gasteiger partial charge in [0.15, 0.2) is 0 Å². The summed E-state index contributed by atoms with van der Waals surface area (Å²) in [5.41, 5.74) is 0.997. The maximum absolute atomic E-state index is 12.1. The quantitative estimate of drug-likeness (QED) is 0.832. The molecule has 1 aliphatic rings. The van der Waals surface area contributed by atoms with E-state index in [2.05, 4.69) is 10.6 Å². The molecule has 2 N–H and O–H groups in total. The van der Waals surface area contributed by atoms with Crippen molar-refractivity contribution in [1.29, 1.82) is 0 Å². The van der Waals surface area contributed by atoms with Crippen molar-refractivity contribution in [1.82, 2.24) is 5.32 Å². The van der Waals surface area contributed by atoms with E-state index in [1.807, 2.05) is 19.1 Å². The van der Waals surface area contributed by atoms with Crippen molar-refractivity contribution in [2.24, 2.45) is 0 Å². The Morgan fingerprint density at radius 3 is 2.81 bits per heavy atom. The lowest BCUT2D eigenvalue weighted by Crippen LogP contribution is -2.48. The third-order valence-electron chi connectivity index (χ3n) is 2.81. The average molecular weight is 292 g/mol. The van der Waals surface area contributed by atoms with Gasteiger partial charge in [0.05, 0.1) is 5.69 Å². The number of anilines is 1. The molecule has 0 radical (unpaired) electrons. The zero-order valence-electron chi connectivity index (χ0n) is 12.6. The first-order chi connectivity index (χ1) is 9.74.